The lowest BCUT2D eigenvalue weighted by molar-refractivity contribution is -0.384. The van der Waals surface area contributed by atoms with Crippen molar-refractivity contribution in [1.29, 1.82) is 0 Å². The molecular weight excluding hydrogens is 571 g/mol. The molecular formula is C29H24Cl2N4O6. The van der Waals surface area contributed by atoms with Crippen LogP contribution in [-0.2, 0) is 13.1 Å². The molecule has 0 saturated carbocycles. The SMILES string of the molecule is O=[N+]([O-])c1ccc([C@@H](O)[C@@H](CO)N(Cc2ncc(-c3ccc(Cl)cc3)o2)Cc2ncc(-c3ccc(Cl)cc3)o2)cc1. The summed E-state index contributed by atoms with van der Waals surface area (Å²) >= 11 is 12.0. The van der Waals surface area contributed by atoms with E-state index in [1.807, 2.05) is 24.3 Å². The first-order chi connectivity index (χ1) is 19.8. The Morgan fingerprint density at radius 1 is 0.805 bits per heavy atom. The van der Waals surface area contributed by atoms with Gasteiger partial charge in [0.2, 0.25) is 11.8 Å². The quantitative estimate of drug-likeness (QED) is 0.133. The van der Waals surface area contributed by atoms with Gasteiger partial charge in [0.15, 0.2) is 11.5 Å². The maximum atomic E-state index is 11.3. The molecule has 2 N–H and O–H groups in total. The first-order valence-electron chi connectivity index (χ1n) is 12.5. The lowest BCUT2D eigenvalue weighted by Crippen LogP contribution is -2.41. The Kier molecular flexibility index (Phi) is 8.77. The fraction of sp³-hybridized carbons (Fsp3) is 0.172. The zero-order valence-corrected chi connectivity index (χ0v) is 22.9. The molecule has 5 rings (SSSR count). The number of hydrogen-bond donors (Lipinski definition) is 2. The van der Waals surface area contributed by atoms with Crippen LogP contribution in [-0.4, -0.2) is 42.7 Å². The summed E-state index contributed by atoms with van der Waals surface area (Å²) < 4.78 is 12.0. The standard InChI is InChI=1S/C29H24Cl2N4O6/c30-21-7-1-18(2-8-21)25-13-32-27(40-25)15-34(16-28-33-14-26(41-28)19-3-9-22(31)10-4-19)24(17-36)29(37)20-5-11-23(12-6-20)35(38)39/h1-14,24,29,36-37H,15-17H2/t24-,29-/m1/s1. The minimum absolute atomic E-state index is 0.0848. The first kappa shape index (κ1) is 28.5. The lowest BCUT2D eigenvalue weighted by atomic mass is 10.0. The molecule has 0 radical (unpaired) electrons. The normalized spacial score (nSPS) is 12.9. The number of benzene rings is 3. The van der Waals surface area contributed by atoms with E-state index in [-0.39, 0.29) is 18.8 Å². The molecule has 0 bridgehead atoms. The third-order valence-electron chi connectivity index (χ3n) is 6.51. The van der Waals surface area contributed by atoms with Gasteiger partial charge in [-0.2, -0.15) is 0 Å². The number of nitro groups is 1. The first-order valence-corrected chi connectivity index (χ1v) is 13.2. The van der Waals surface area contributed by atoms with E-state index in [4.69, 9.17) is 32.0 Å². The average molecular weight is 595 g/mol. The number of halogens is 2. The molecule has 3 aromatic carbocycles. The number of oxazole rings is 2. The summed E-state index contributed by atoms with van der Waals surface area (Å²) in [4.78, 5) is 21.1. The van der Waals surface area contributed by atoms with E-state index in [1.165, 1.54) is 24.3 Å². The Balaban J connectivity index is 1.43. The van der Waals surface area contributed by atoms with E-state index in [2.05, 4.69) is 9.97 Å². The molecule has 0 aliphatic heterocycles. The molecule has 5 aromatic rings. The molecule has 0 unspecified atom stereocenters. The molecule has 10 nitrogen and oxygen atoms in total. The summed E-state index contributed by atoms with van der Waals surface area (Å²) in [5, 5.41) is 33.9. The number of nitrogens with zero attached hydrogens (tertiary/aromatic N) is 4. The van der Waals surface area contributed by atoms with Crippen molar-refractivity contribution in [3.05, 3.63) is 123 Å². The van der Waals surface area contributed by atoms with E-state index in [9.17, 15) is 20.3 Å². The van der Waals surface area contributed by atoms with Gasteiger partial charge in [-0.3, -0.25) is 15.0 Å². The van der Waals surface area contributed by atoms with Crippen LogP contribution < -0.4 is 0 Å². The highest BCUT2D eigenvalue weighted by molar-refractivity contribution is 6.30. The van der Waals surface area contributed by atoms with Crippen molar-refractivity contribution in [3.63, 3.8) is 0 Å². The second-order valence-electron chi connectivity index (χ2n) is 9.20. The number of nitro benzene ring substituents is 1. The predicted molar refractivity (Wildman–Crippen MR) is 152 cm³/mol. The second kappa shape index (κ2) is 12.6. The van der Waals surface area contributed by atoms with E-state index in [0.29, 0.717) is 38.9 Å². The Bertz CT molecular complexity index is 1520. The third-order valence-corrected chi connectivity index (χ3v) is 7.01. The van der Waals surface area contributed by atoms with Gasteiger partial charge in [-0.25, -0.2) is 9.97 Å². The van der Waals surface area contributed by atoms with Gasteiger partial charge in [-0.15, -0.1) is 0 Å². The van der Waals surface area contributed by atoms with E-state index in [1.54, 1.807) is 41.6 Å². The van der Waals surface area contributed by atoms with Gasteiger partial charge in [-0.1, -0.05) is 23.2 Å². The van der Waals surface area contributed by atoms with Crippen molar-refractivity contribution >= 4 is 28.9 Å². The monoisotopic (exact) mass is 594 g/mol. The van der Waals surface area contributed by atoms with Crippen molar-refractivity contribution in [2.24, 2.45) is 0 Å². The molecule has 210 valence electrons. The average Bonchev–Trinajstić information content (AvgIpc) is 3.64. The molecule has 0 aliphatic rings. The summed E-state index contributed by atoms with van der Waals surface area (Å²) in [5.41, 5.74) is 1.85. The number of rotatable bonds is 11. The number of aliphatic hydroxyl groups excluding tert-OH is 2. The maximum absolute atomic E-state index is 11.3. The van der Waals surface area contributed by atoms with Gasteiger partial charge >= 0.3 is 0 Å². The smallest absolute Gasteiger partial charge is 0.269 e. The van der Waals surface area contributed by atoms with Crippen molar-refractivity contribution in [2.75, 3.05) is 6.61 Å². The molecule has 0 spiro atoms. The second-order valence-corrected chi connectivity index (χ2v) is 10.1. The molecule has 2 aromatic heterocycles. The summed E-state index contributed by atoms with van der Waals surface area (Å²) in [6.45, 7) is -0.281. The van der Waals surface area contributed by atoms with Crippen LogP contribution in [0.2, 0.25) is 10.0 Å². The van der Waals surface area contributed by atoms with Gasteiger partial charge in [0.25, 0.3) is 5.69 Å². The predicted octanol–water partition coefficient (Wildman–Crippen LogP) is 6.31. The number of hydrogen-bond acceptors (Lipinski definition) is 9. The highest BCUT2D eigenvalue weighted by atomic mass is 35.5. The van der Waals surface area contributed by atoms with Crippen LogP contribution in [0.1, 0.15) is 23.4 Å². The fourth-order valence-corrected chi connectivity index (χ4v) is 4.58. The van der Waals surface area contributed by atoms with Crippen molar-refractivity contribution in [3.8, 4) is 22.6 Å². The number of non-ortho nitro benzene ring substituents is 1. The highest BCUT2D eigenvalue weighted by Gasteiger charge is 2.30. The highest BCUT2D eigenvalue weighted by Crippen LogP contribution is 2.29. The molecule has 2 atom stereocenters. The molecule has 41 heavy (non-hydrogen) atoms. The Labute approximate surface area is 244 Å². The van der Waals surface area contributed by atoms with E-state index >= 15 is 0 Å². The van der Waals surface area contributed by atoms with Gasteiger partial charge < -0.3 is 19.0 Å². The van der Waals surface area contributed by atoms with Crippen LogP contribution in [0.25, 0.3) is 22.6 Å². The van der Waals surface area contributed by atoms with Crippen LogP contribution in [0.4, 0.5) is 5.69 Å². The van der Waals surface area contributed by atoms with Crippen LogP contribution in [0.15, 0.2) is 94.0 Å². The molecule has 2 heterocycles. The fourth-order valence-electron chi connectivity index (χ4n) is 4.33. The number of aliphatic hydroxyl groups is 2. The summed E-state index contributed by atoms with van der Waals surface area (Å²) in [6, 6.07) is 18.9. The van der Waals surface area contributed by atoms with Crippen LogP contribution in [0.3, 0.4) is 0 Å². The molecule has 0 amide bonds. The minimum atomic E-state index is -1.21. The lowest BCUT2D eigenvalue weighted by Gasteiger charge is -2.32. The van der Waals surface area contributed by atoms with Gasteiger partial charge in [-0.05, 0) is 66.2 Å². The zero-order chi connectivity index (χ0) is 28.9. The van der Waals surface area contributed by atoms with Crippen LogP contribution in [0, 0.1) is 10.1 Å². The topological polar surface area (TPSA) is 139 Å². The third kappa shape index (κ3) is 6.82. The molecule has 0 aliphatic carbocycles. The Hall–Kier alpha value is -4.06. The Morgan fingerprint density at radius 2 is 1.27 bits per heavy atom. The summed E-state index contributed by atoms with van der Waals surface area (Å²) in [5.74, 6) is 1.70. The van der Waals surface area contributed by atoms with E-state index < -0.39 is 23.7 Å². The van der Waals surface area contributed by atoms with Crippen molar-refractivity contribution in [1.82, 2.24) is 14.9 Å². The van der Waals surface area contributed by atoms with Crippen LogP contribution in [0.5, 0.6) is 0 Å². The molecule has 0 fully saturated rings. The summed E-state index contributed by atoms with van der Waals surface area (Å²) in [6.07, 6.45) is 1.96. The Morgan fingerprint density at radius 3 is 1.68 bits per heavy atom. The zero-order valence-electron chi connectivity index (χ0n) is 21.4. The molecule has 12 heteroatoms. The van der Waals surface area contributed by atoms with Crippen LogP contribution >= 0.6 is 23.2 Å². The van der Waals surface area contributed by atoms with Crippen molar-refractivity contribution in [2.45, 2.75) is 25.2 Å². The maximum Gasteiger partial charge on any atom is 0.269 e. The van der Waals surface area contributed by atoms with Crippen molar-refractivity contribution < 1.29 is 24.0 Å². The van der Waals surface area contributed by atoms with Gasteiger partial charge in [0, 0.05) is 33.3 Å². The summed E-state index contributed by atoms with van der Waals surface area (Å²) in [7, 11) is 0. The van der Waals surface area contributed by atoms with Gasteiger partial charge in [0.05, 0.1) is 49.2 Å². The van der Waals surface area contributed by atoms with Gasteiger partial charge in [0.1, 0.15) is 0 Å². The van der Waals surface area contributed by atoms with E-state index in [0.717, 1.165) is 11.1 Å². The molecule has 0 saturated heterocycles. The number of aromatic nitrogens is 2. The minimum Gasteiger partial charge on any atom is -0.439 e. The largest absolute Gasteiger partial charge is 0.439 e.